The lowest BCUT2D eigenvalue weighted by molar-refractivity contribution is 0.0925. The second-order valence-electron chi connectivity index (χ2n) is 3.00. The van der Waals surface area contributed by atoms with Crippen molar-refractivity contribution in [3.63, 3.8) is 0 Å². The molecule has 0 aromatic carbocycles. The maximum absolute atomic E-state index is 11.4. The highest BCUT2D eigenvalue weighted by atomic mass is 16.5. The highest BCUT2D eigenvalue weighted by molar-refractivity contribution is 5.92. The Bertz CT molecular complexity index is 278. The molecule has 0 radical (unpaired) electrons. The van der Waals surface area contributed by atoms with Gasteiger partial charge in [-0.25, -0.2) is 4.98 Å². The van der Waals surface area contributed by atoms with Gasteiger partial charge in [0.1, 0.15) is 5.69 Å². The van der Waals surface area contributed by atoms with Crippen LogP contribution in [0.3, 0.4) is 0 Å². The predicted molar refractivity (Wildman–Crippen MR) is 45.3 cm³/mol. The van der Waals surface area contributed by atoms with Crippen molar-refractivity contribution in [1.29, 1.82) is 0 Å². The van der Waals surface area contributed by atoms with Crippen LogP contribution >= 0.6 is 0 Å². The lowest BCUT2D eigenvalue weighted by atomic mass is 10.2. The van der Waals surface area contributed by atoms with Gasteiger partial charge in [0.25, 0.3) is 5.91 Å². The lowest BCUT2D eigenvalue weighted by Gasteiger charge is -2.08. The second kappa shape index (κ2) is 3.57. The van der Waals surface area contributed by atoms with E-state index in [1.807, 2.05) is 0 Å². The van der Waals surface area contributed by atoms with Crippen LogP contribution in [0.15, 0.2) is 12.5 Å². The Hall–Kier alpha value is -1.36. The van der Waals surface area contributed by atoms with E-state index in [0.717, 1.165) is 13.0 Å². The fourth-order valence-corrected chi connectivity index (χ4v) is 1.29. The summed E-state index contributed by atoms with van der Waals surface area (Å²) in [6, 6.07) is 0.149. The van der Waals surface area contributed by atoms with E-state index in [9.17, 15) is 4.79 Å². The molecule has 2 heterocycles. The monoisotopic (exact) mass is 181 g/mol. The van der Waals surface area contributed by atoms with Crippen molar-refractivity contribution in [2.24, 2.45) is 0 Å². The molecule has 0 saturated carbocycles. The van der Waals surface area contributed by atoms with Crippen molar-refractivity contribution >= 4 is 5.91 Å². The smallest absolute Gasteiger partial charge is 0.269 e. The fourth-order valence-electron chi connectivity index (χ4n) is 1.29. The molecule has 5 heteroatoms. The molecule has 2 rings (SSSR count). The van der Waals surface area contributed by atoms with Crippen molar-refractivity contribution < 1.29 is 9.53 Å². The van der Waals surface area contributed by atoms with Crippen LogP contribution in [0.25, 0.3) is 0 Å². The molecule has 1 atom stereocenters. The Balaban J connectivity index is 1.91. The van der Waals surface area contributed by atoms with Crippen molar-refractivity contribution in [3.05, 3.63) is 18.2 Å². The molecule has 0 aliphatic carbocycles. The standard InChI is InChI=1S/C8H11N3O2/c12-8(7-3-9-5-10-7)11-6-1-2-13-4-6/h3,5-6H,1-2,4H2,(H,9,10)(H,11,12)/t6-/m0/s1. The molecular formula is C8H11N3O2. The first-order chi connectivity index (χ1) is 6.36. The highest BCUT2D eigenvalue weighted by Gasteiger charge is 2.18. The van der Waals surface area contributed by atoms with E-state index in [0.29, 0.717) is 12.3 Å². The van der Waals surface area contributed by atoms with Crippen LogP contribution in [0.1, 0.15) is 16.9 Å². The number of nitrogens with one attached hydrogen (secondary N) is 2. The van der Waals surface area contributed by atoms with Gasteiger partial charge in [0, 0.05) is 6.61 Å². The number of hydrogen-bond donors (Lipinski definition) is 2. The Kier molecular flexibility index (Phi) is 2.27. The second-order valence-corrected chi connectivity index (χ2v) is 3.00. The average molecular weight is 181 g/mol. The number of ether oxygens (including phenoxy) is 1. The van der Waals surface area contributed by atoms with Crippen LogP contribution in [0.5, 0.6) is 0 Å². The molecule has 1 aliphatic heterocycles. The van der Waals surface area contributed by atoms with Gasteiger partial charge >= 0.3 is 0 Å². The zero-order valence-electron chi connectivity index (χ0n) is 7.12. The van der Waals surface area contributed by atoms with Crippen molar-refractivity contribution in [2.45, 2.75) is 12.5 Å². The van der Waals surface area contributed by atoms with Crippen LogP contribution in [-0.2, 0) is 4.74 Å². The molecule has 0 bridgehead atoms. The number of imidazole rings is 1. The normalized spacial score (nSPS) is 21.7. The Morgan fingerprint density at radius 2 is 2.69 bits per heavy atom. The molecule has 70 valence electrons. The van der Waals surface area contributed by atoms with Gasteiger partial charge in [0.2, 0.25) is 0 Å². The van der Waals surface area contributed by atoms with Gasteiger partial charge in [-0.3, -0.25) is 4.79 Å². The average Bonchev–Trinajstić information content (AvgIpc) is 2.74. The fraction of sp³-hybridized carbons (Fsp3) is 0.500. The number of aromatic amines is 1. The number of aromatic nitrogens is 2. The van der Waals surface area contributed by atoms with E-state index >= 15 is 0 Å². The summed E-state index contributed by atoms with van der Waals surface area (Å²) in [7, 11) is 0. The predicted octanol–water partition coefficient (Wildman–Crippen LogP) is -0.0716. The number of carbonyl (C=O) groups excluding carboxylic acids is 1. The molecule has 0 spiro atoms. The van der Waals surface area contributed by atoms with E-state index in [-0.39, 0.29) is 11.9 Å². The van der Waals surface area contributed by atoms with E-state index in [2.05, 4.69) is 15.3 Å². The third-order valence-electron chi connectivity index (χ3n) is 2.01. The van der Waals surface area contributed by atoms with Crippen LogP contribution in [0.2, 0.25) is 0 Å². The van der Waals surface area contributed by atoms with Gasteiger partial charge < -0.3 is 15.0 Å². The van der Waals surface area contributed by atoms with Crippen molar-refractivity contribution in [1.82, 2.24) is 15.3 Å². The number of carbonyl (C=O) groups is 1. The summed E-state index contributed by atoms with van der Waals surface area (Å²) < 4.78 is 5.13. The Labute approximate surface area is 75.5 Å². The topological polar surface area (TPSA) is 67.0 Å². The molecule has 1 amide bonds. The van der Waals surface area contributed by atoms with E-state index in [4.69, 9.17) is 4.74 Å². The molecule has 5 nitrogen and oxygen atoms in total. The number of amides is 1. The number of H-pyrrole nitrogens is 1. The summed E-state index contributed by atoms with van der Waals surface area (Å²) in [5.74, 6) is -0.118. The first-order valence-electron chi connectivity index (χ1n) is 4.23. The van der Waals surface area contributed by atoms with Crippen LogP contribution in [-0.4, -0.2) is 35.1 Å². The molecule has 1 saturated heterocycles. The minimum Gasteiger partial charge on any atom is -0.379 e. The minimum absolute atomic E-state index is 0.118. The first-order valence-corrected chi connectivity index (χ1v) is 4.23. The summed E-state index contributed by atoms with van der Waals surface area (Å²) in [5, 5.41) is 2.85. The van der Waals surface area contributed by atoms with E-state index < -0.39 is 0 Å². The quantitative estimate of drug-likeness (QED) is 0.671. The SMILES string of the molecule is O=C(N[C@H]1CCOC1)c1cnc[nH]1. The van der Waals surface area contributed by atoms with Crippen molar-refractivity contribution in [2.75, 3.05) is 13.2 Å². The molecule has 2 N–H and O–H groups in total. The molecule has 13 heavy (non-hydrogen) atoms. The number of rotatable bonds is 2. The van der Waals surface area contributed by atoms with Gasteiger partial charge in [-0.05, 0) is 6.42 Å². The molecule has 0 unspecified atom stereocenters. The summed E-state index contributed by atoms with van der Waals surface area (Å²) in [6.45, 7) is 1.34. The van der Waals surface area contributed by atoms with Crippen LogP contribution in [0.4, 0.5) is 0 Å². The largest absolute Gasteiger partial charge is 0.379 e. The number of hydrogen-bond acceptors (Lipinski definition) is 3. The van der Waals surface area contributed by atoms with Crippen LogP contribution in [0, 0.1) is 0 Å². The van der Waals surface area contributed by atoms with E-state index in [1.165, 1.54) is 12.5 Å². The molecule has 1 aliphatic rings. The van der Waals surface area contributed by atoms with Gasteiger partial charge in [0.15, 0.2) is 0 Å². The summed E-state index contributed by atoms with van der Waals surface area (Å²) >= 11 is 0. The maximum atomic E-state index is 11.4. The summed E-state index contributed by atoms with van der Waals surface area (Å²) in [4.78, 5) is 17.9. The van der Waals surface area contributed by atoms with Gasteiger partial charge in [-0.2, -0.15) is 0 Å². The van der Waals surface area contributed by atoms with Gasteiger partial charge in [-0.1, -0.05) is 0 Å². The zero-order valence-corrected chi connectivity index (χ0v) is 7.12. The molecule has 1 fully saturated rings. The Morgan fingerprint density at radius 3 is 3.31 bits per heavy atom. The lowest BCUT2D eigenvalue weighted by Crippen LogP contribution is -2.35. The van der Waals surface area contributed by atoms with Crippen molar-refractivity contribution in [3.8, 4) is 0 Å². The summed E-state index contributed by atoms with van der Waals surface area (Å²) in [5.41, 5.74) is 0.493. The molecule has 1 aromatic rings. The van der Waals surface area contributed by atoms with Gasteiger partial charge in [0.05, 0.1) is 25.2 Å². The van der Waals surface area contributed by atoms with Crippen LogP contribution < -0.4 is 5.32 Å². The van der Waals surface area contributed by atoms with E-state index in [1.54, 1.807) is 0 Å². The minimum atomic E-state index is -0.118. The highest BCUT2D eigenvalue weighted by Crippen LogP contribution is 2.04. The number of nitrogens with zero attached hydrogens (tertiary/aromatic N) is 1. The molecular weight excluding hydrogens is 170 g/mol. The molecule has 1 aromatic heterocycles. The zero-order chi connectivity index (χ0) is 9.10. The summed E-state index contributed by atoms with van der Waals surface area (Å²) in [6.07, 6.45) is 3.88. The Morgan fingerprint density at radius 1 is 1.77 bits per heavy atom. The van der Waals surface area contributed by atoms with Gasteiger partial charge in [-0.15, -0.1) is 0 Å². The third-order valence-corrected chi connectivity index (χ3v) is 2.01. The first kappa shape index (κ1) is 8.25. The maximum Gasteiger partial charge on any atom is 0.269 e. The third kappa shape index (κ3) is 1.86.